The Bertz CT molecular complexity index is 371. The molecule has 0 aromatic heterocycles. The molecule has 102 valence electrons. The lowest BCUT2D eigenvalue weighted by molar-refractivity contribution is 0.0241. The van der Waals surface area contributed by atoms with Gasteiger partial charge in [0.2, 0.25) is 0 Å². The quantitative estimate of drug-likeness (QED) is 0.880. The minimum Gasteiger partial charge on any atom is -0.372 e. The van der Waals surface area contributed by atoms with E-state index >= 15 is 0 Å². The normalized spacial score (nSPS) is 15.4. The standard InChI is InChI=1S/C15H24BrNO/c1-11(17)14(18-9-8-15(2,3)4)12-6-5-7-13(16)10-12/h5-7,10-11,14H,8-9,17H2,1-4H3. The van der Waals surface area contributed by atoms with E-state index in [0.717, 1.165) is 23.1 Å². The summed E-state index contributed by atoms with van der Waals surface area (Å²) in [6.07, 6.45) is 0.995. The highest BCUT2D eigenvalue weighted by molar-refractivity contribution is 9.10. The largest absolute Gasteiger partial charge is 0.372 e. The summed E-state index contributed by atoms with van der Waals surface area (Å²) in [6.45, 7) is 9.38. The molecule has 2 atom stereocenters. The molecular weight excluding hydrogens is 290 g/mol. The van der Waals surface area contributed by atoms with Crippen LogP contribution in [0.2, 0.25) is 0 Å². The molecule has 2 nitrogen and oxygen atoms in total. The number of ether oxygens (including phenoxy) is 1. The van der Waals surface area contributed by atoms with Gasteiger partial charge in [-0.05, 0) is 36.5 Å². The van der Waals surface area contributed by atoms with Gasteiger partial charge in [-0.1, -0.05) is 48.8 Å². The SMILES string of the molecule is CC(N)C(OCCC(C)(C)C)c1cccc(Br)c1. The molecule has 2 N–H and O–H groups in total. The van der Waals surface area contributed by atoms with E-state index in [-0.39, 0.29) is 12.1 Å². The van der Waals surface area contributed by atoms with E-state index in [1.165, 1.54) is 0 Å². The third-order valence-electron chi connectivity index (χ3n) is 2.80. The molecule has 0 spiro atoms. The summed E-state index contributed by atoms with van der Waals surface area (Å²) in [5.41, 5.74) is 7.45. The summed E-state index contributed by atoms with van der Waals surface area (Å²) < 4.78 is 7.04. The van der Waals surface area contributed by atoms with E-state index in [1.807, 2.05) is 19.1 Å². The van der Waals surface area contributed by atoms with Gasteiger partial charge >= 0.3 is 0 Å². The molecular formula is C15H24BrNO. The van der Waals surface area contributed by atoms with Crippen molar-refractivity contribution in [3.05, 3.63) is 34.3 Å². The molecule has 0 amide bonds. The number of nitrogens with two attached hydrogens (primary N) is 1. The number of benzene rings is 1. The van der Waals surface area contributed by atoms with Crippen LogP contribution in [0, 0.1) is 5.41 Å². The third-order valence-corrected chi connectivity index (χ3v) is 3.30. The predicted octanol–water partition coefficient (Wildman–Crippen LogP) is 4.29. The molecule has 0 aliphatic carbocycles. The Morgan fingerprint density at radius 1 is 1.33 bits per heavy atom. The van der Waals surface area contributed by atoms with Crippen LogP contribution in [0.25, 0.3) is 0 Å². The van der Waals surface area contributed by atoms with Crippen molar-refractivity contribution < 1.29 is 4.74 Å². The van der Waals surface area contributed by atoms with E-state index in [1.54, 1.807) is 0 Å². The number of halogens is 1. The molecule has 2 unspecified atom stereocenters. The molecule has 3 heteroatoms. The molecule has 1 rings (SSSR count). The number of hydrogen-bond donors (Lipinski definition) is 1. The zero-order valence-electron chi connectivity index (χ0n) is 11.7. The highest BCUT2D eigenvalue weighted by atomic mass is 79.9. The fraction of sp³-hybridized carbons (Fsp3) is 0.600. The van der Waals surface area contributed by atoms with E-state index in [9.17, 15) is 0 Å². The van der Waals surface area contributed by atoms with Crippen molar-refractivity contribution in [2.45, 2.75) is 46.3 Å². The highest BCUT2D eigenvalue weighted by Gasteiger charge is 2.18. The van der Waals surface area contributed by atoms with Crippen molar-refractivity contribution in [2.24, 2.45) is 11.1 Å². The highest BCUT2D eigenvalue weighted by Crippen LogP contribution is 2.25. The lowest BCUT2D eigenvalue weighted by atomic mass is 9.93. The summed E-state index contributed by atoms with van der Waals surface area (Å²) in [4.78, 5) is 0. The molecule has 0 heterocycles. The fourth-order valence-electron chi connectivity index (χ4n) is 1.73. The average molecular weight is 314 g/mol. The Morgan fingerprint density at radius 3 is 2.50 bits per heavy atom. The Balaban J connectivity index is 2.66. The maximum atomic E-state index is 6.03. The van der Waals surface area contributed by atoms with Crippen LogP contribution in [0.4, 0.5) is 0 Å². The zero-order chi connectivity index (χ0) is 13.8. The summed E-state index contributed by atoms with van der Waals surface area (Å²) in [7, 11) is 0. The maximum Gasteiger partial charge on any atom is 0.0973 e. The van der Waals surface area contributed by atoms with Crippen molar-refractivity contribution >= 4 is 15.9 Å². The van der Waals surface area contributed by atoms with Crippen LogP contribution in [0.5, 0.6) is 0 Å². The van der Waals surface area contributed by atoms with Gasteiger partial charge in [-0.3, -0.25) is 0 Å². The van der Waals surface area contributed by atoms with E-state index in [0.29, 0.717) is 5.41 Å². The second-order valence-corrected chi connectivity index (χ2v) is 6.93. The van der Waals surface area contributed by atoms with Gasteiger partial charge in [0.25, 0.3) is 0 Å². The van der Waals surface area contributed by atoms with Crippen molar-refractivity contribution in [2.75, 3.05) is 6.61 Å². The minimum absolute atomic E-state index is 0.0146. The lowest BCUT2D eigenvalue weighted by Gasteiger charge is -2.25. The van der Waals surface area contributed by atoms with Gasteiger partial charge in [0.05, 0.1) is 6.10 Å². The summed E-state index contributed by atoms with van der Waals surface area (Å²) in [6, 6.07) is 8.15. The van der Waals surface area contributed by atoms with Crippen molar-refractivity contribution in [3.8, 4) is 0 Å². The molecule has 1 aromatic rings. The molecule has 0 aliphatic rings. The van der Waals surface area contributed by atoms with Gasteiger partial charge in [0, 0.05) is 17.1 Å². The monoisotopic (exact) mass is 313 g/mol. The number of rotatable bonds is 5. The smallest absolute Gasteiger partial charge is 0.0973 e. The molecule has 0 saturated heterocycles. The molecule has 18 heavy (non-hydrogen) atoms. The average Bonchev–Trinajstić information content (AvgIpc) is 2.22. The van der Waals surface area contributed by atoms with Crippen LogP contribution < -0.4 is 5.73 Å². The summed E-state index contributed by atoms with van der Waals surface area (Å²) in [5, 5.41) is 0. The first-order valence-electron chi connectivity index (χ1n) is 6.42. The van der Waals surface area contributed by atoms with Gasteiger partial charge in [0.1, 0.15) is 0 Å². The van der Waals surface area contributed by atoms with Crippen LogP contribution in [-0.2, 0) is 4.74 Å². The first kappa shape index (κ1) is 15.7. The van der Waals surface area contributed by atoms with Crippen LogP contribution in [-0.4, -0.2) is 12.6 Å². The molecule has 0 fully saturated rings. The van der Waals surface area contributed by atoms with E-state index < -0.39 is 0 Å². The Labute approximate surface area is 119 Å². The zero-order valence-corrected chi connectivity index (χ0v) is 13.3. The molecule has 1 aromatic carbocycles. The first-order valence-corrected chi connectivity index (χ1v) is 7.21. The summed E-state index contributed by atoms with van der Waals surface area (Å²) >= 11 is 3.48. The predicted molar refractivity (Wildman–Crippen MR) is 80.6 cm³/mol. The fourth-order valence-corrected chi connectivity index (χ4v) is 2.14. The minimum atomic E-state index is -0.0372. The lowest BCUT2D eigenvalue weighted by Crippen LogP contribution is -2.28. The Hall–Kier alpha value is -0.380. The van der Waals surface area contributed by atoms with Crippen molar-refractivity contribution in [3.63, 3.8) is 0 Å². The molecule has 0 bridgehead atoms. The second kappa shape index (κ2) is 6.69. The van der Waals surface area contributed by atoms with Gasteiger partial charge in [0.15, 0.2) is 0 Å². The van der Waals surface area contributed by atoms with Gasteiger partial charge in [-0.15, -0.1) is 0 Å². The van der Waals surface area contributed by atoms with Gasteiger partial charge in [-0.2, -0.15) is 0 Å². The van der Waals surface area contributed by atoms with Crippen LogP contribution in [0.3, 0.4) is 0 Å². The molecule has 0 radical (unpaired) electrons. The third kappa shape index (κ3) is 5.51. The van der Waals surface area contributed by atoms with Gasteiger partial charge < -0.3 is 10.5 Å². The van der Waals surface area contributed by atoms with Crippen LogP contribution >= 0.6 is 15.9 Å². The van der Waals surface area contributed by atoms with E-state index in [4.69, 9.17) is 10.5 Å². The maximum absolute atomic E-state index is 6.03. The van der Waals surface area contributed by atoms with Crippen LogP contribution in [0.1, 0.15) is 45.8 Å². The topological polar surface area (TPSA) is 35.2 Å². The second-order valence-electron chi connectivity index (χ2n) is 6.02. The van der Waals surface area contributed by atoms with Crippen molar-refractivity contribution in [1.82, 2.24) is 0 Å². The van der Waals surface area contributed by atoms with Crippen molar-refractivity contribution in [1.29, 1.82) is 0 Å². The molecule has 0 saturated carbocycles. The summed E-state index contributed by atoms with van der Waals surface area (Å²) in [5.74, 6) is 0. The van der Waals surface area contributed by atoms with Gasteiger partial charge in [-0.25, -0.2) is 0 Å². The first-order chi connectivity index (χ1) is 8.29. The Morgan fingerprint density at radius 2 is 2.00 bits per heavy atom. The number of hydrogen-bond acceptors (Lipinski definition) is 2. The van der Waals surface area contributed by atoms with Crippen LogP contribution in [0.15, 0.2) is 28.7 Å². The molecule has 0 aliphatic heterocycles. The van der Waals surface area contributed by atoms with E-state index in [2.05, 4.69) is 48.8 Å². The Kier molecular flexibility index (Phi) is 5.83.